The molecule has 0 aliphatic heterocycles. The van der Waals surface area contributed by atoms with Gasteiger partial charge in [-0.1, -0.05) is 25.4 Å². The van der Waals surface area contributed by atoms with E-state index in [0.717, 1.165) is 6.42 Å². The molecule has 0 heterocycles. The van der Waals surface area contributed by atoms with Gasteiger partial charge >= 0.3 is 5.97 Å². The Morgan fingerprint density at radius 1 is 1.29 bits per heavy atom. The quantitative estimate of drug-likeness (QED) is 0.625. The molecule has 3 N–H and O–H groups in total. The molecule has 1 unspecified atom stereocenters. The van der Waals surface area contributed by atoms with E-state index < -0.39 is 12.1 Å². The Labute approximate surface area is 129 Å². The largest absolute Gasteiger partial charge is 0.449 e. The van der Waals surface area contributed by atoms with Crippen molar-refractivity contribution in [2.24, 2.45) is 5.92 Å². The van der Waals surface area contributed by atoms with Crippen LogP contribution in [0.1, 0.15) is 37.6 Å². The number of esters is 1. The average Bonchev–Trinajstić information content (AvgIpc) is 2.36. The van der Waals surface area contributed by atoms with Gasteiger partial charge in [-0.25, -0.2) is 4.79 Å². The van der Waals surface area contributed by atoms with Crippen LogP contribution in [-0.2, 0) is 9.53 Å². The number of carbonyl (C=O) groups is 2. The van der Waals surface area contributed by atoms with Crippen molar-refractivity contribution in [1.29, 1.82) is 0 Å². The highest BCUT2D eigenvalue weighted by molar-refractivity contribution is 6.31. The van der Waals surface area contributed by atoms with Crippen molar-refractivity contribution in [3.8, 4) is 0 Å². The second-order valence-corrected chi connectivity index (χ2v) is 5.73. The number of amides is 1. The van der Waals surface area contributed by atoms with Gasteiger partial charge in [0.15, 0.2) is 6.10 Å². The standard InChI is InChI=1S/C15H21ClN2O3/c1-9(2)4-5-18-14(19)10(3)21-15(20)11-6-12(16)8-13(17)7-11/h6-10H,4-5,17H2,1-3H3,(H,18,19). The van der Waals surface area contributed by atoms with E-state index in [1.807, 2.05) is 0 Å². The molecule has 0 aliphatic carbocycles. The van der Waals surface area contributed by atoms with Gasteiger partial charge in [0.05, 0.1) is 5.56 Å². The molecule has 1 aromatic rings. The predicted octanol–water partition coefficient (Wildman–Crippen LogP) is 2.63. The molecule has 1 aromatic carbocycles. The summed E-state index contributed by atoms with van der Waals surface area (Å²) in [5, 5.41) is 3.07. The normalized spacial score (nSPS) is 12.0. The van der Waals surface area contributed by atoms with E-state index in [4.69, 9.17) is 22.1 Å². The van der Waals surface area contributed by atoms with Gasteiger partial charge in [-0.2, -0.15) is 0 Å². The number of hydrogen-bond acceptors (Lipinski definition) is 4. The molecule has 1 amide bonds. The van der Waals surface area contributed by atoms with Crippen LogP contribution in [0.3, 0.4) is 0 Å². The SMILES string of the molecule is CC(C)CCNC(=O)C(C)OC(=O)c1cc(N)cc(Cl)c1. The topological polar surface area (TPSA) is 81.4 Å². The minimum atomic E-state index is -0.870. The molecule has 0 radical (unpaired) electrons. The number of hydrogen-bond donors (Lipinski definition) is 2. The molecule has 0 bridgehead atoms. The van der Waals surface area contributed by atoms with Gasteiger partial charge in [0.2, 0.25) is 0 Å². The predicted molar refractivity (Wildman–Crippen MR) is 83.2 cm³/mol. The third-order valence-electron chi connectivity index (χ3n) is 2.83. The molecule has 1 atom stereocenters. The highest BCUT2D eigenvalue weighted by Crippen LogP contribution is 2.17. The maximum absolute atomic E-state index is 11.9. The summed E-state index contributed by atoms with van der Waals surface area (Å²) in [5.74, 6) is -0.452. The van der Waals surface area contributed by atoms with Gasteiger partial charge in [0.1, 0.15) is 0 Å². The summed E-state index contributed by atoms with van der Waals surface area (Å²) < 4.78 is 5.10. The van der Waals surface area contributed by atoms with E-state index in [9.17, 15) is 9.59 Å². The zero-order valence-corrected chi connectivity index (χ0v) is 13.2. The summed E-state index contributed by atoms with van der Waals surface area (Å²) in [5.41, 5.74) is 6.20. The zero-order valence-electron chi connectivity index (χ0n) is 12.5. The van der Waals surface area contributed by atoms with E-state index in [-0.39, 0.29) is 11.5 Å². The van der Waals surface area contributed by atoms with E-state index in [1.54, 1.807) is 0 Å². The van der Waals surface area contributed by atoms with Crippen LogP contribution in [0.2, 0.25) is 5.02 Å². The second kappa shape index (κ2) is 7.88. The molecule has 0 fully saturated rings. The Morgan fingerprint density at radius 3 is 2.52 bits per heavy atom. The highest BCUT2D eigenvalue weighted by Gasteiger charge is 2.19. The van der Waals surface area contributed by atoms with Gasteiger partial charge in [-0.05, 0) is 37.5 Å². The van der Waals surface area contributed by atoms with Crippen LogP contribution >= 0.6 is 11.6 Å². The number of rotatable bonds is 6. The molecule has 0 saturated carbocycles. The Bertz CT molecular complexity index is 497. The number of nitrogens with one attached hydrogen (secondary N) is 1. The monoisotopic (exact) mass is 312 g/mol. The number of carbonyl (C=O) groups excluding carboxylic acids is 2. The lowest BCUT2D eigenvalue weighted by Crippen LogP contribution is -2.36. The first-order valence-electron chi connectivity index (χ1n) is 6.84. The lowest BCUT2D eigenvalue weighted by molar-refractivity contribution is -0.129. The van der Waals surface area contributed by atoms with Crippen LogP contribution in [-0.4, -0.2) is 24.5 Å². The molecule has 0 saturated heterocycles. The number of benzene rings is 1. The van der Waals surface area contributed by atoms with Crippen LogP contribution in [0.4, 0.5) is 5.69 Å². The van der Waals surface area contributed by atoms with E-state index in [2.05, 4.69) is 19.2 Å². The molecule has 21 heavy (non-hydrogen) atoms. The van der Waals surface area contributed by atoms with Crippen LogP contribution in [0.15, 0.2) is 18.2 Å². The second-order valence-electron chi connectivity index (χ2n) is 5.29. The molecule has 0 spiro atoms. The van der Waals surface area contributed by atoms with Gasteiger partial charge in [-0.15, -0.1) is 0 Å². The summed E-state index contributed by atoms with van der Waals surface area (Å²) in [6.07, 6.45) is 0.00176. The summed E-state index contributed by atoms with van der Waals surface area (Å²) in [6.45, 7) is 6.22. The van der Waals surface area contributed by atoms with Gasteiger partial charge in [0, 0.05) is 17.3 Å². The fourth-order valence-corrected chi connectivity index (χ4v) is 1.88. The van der Waals surface area contributed by atoms with Gasteiger partial charge in [-0.3, -0.25) is 4.79 Å². The molecular formula is C15H21ClN2O3. The van der Waals surface area contributed by atoms with E-state index >= 15 is 0 Å². The fraction of sp³-hybridized carbons (Fsp3) is 0.467. The van der Waals surface area contributed by atoms with Crippen molar-refractivity contribution in [2.45, 2.75) is 33.3 Å². The molecule has 0 aromatic heterocycles. The summed E-state index contributed by atoms with van der Waals surface area (Å²) in [4.78, 5) is 23.7. The van der Waals surface area contributed by atoms with Crippen molar-refractivity contribution >= 4 is 29.2 Å². The minimum Gasteiger partial charge on any atom is -0.449 e. The van der Waals surface area contributed by atoms with Gasteiger partial charge < -0.3 is 15.8 Å². The Balaban J connectivity index is 2.55. The first-order chi connectivity index (χ1) is 9.79. The molecule has 5 nitrogen and oxygen atoms in total. The van der Waals surface area contributed by atoms with Crippen molar-refractivity contribution in [1.82, 2.24) is 5.32 Å². The number of nitrogens with two attached hydrogens (primary N) is 1. The lowest BCUT2D eigenvalue weighted by Gasteiger charge is -2.14. The molecular weight excluding hydrogens is 292 g/mol. The Kier molecular flexibility index (Phi) is 6.49. The third-order valence-corrected chi connectivity index (χ3v) is 3.05. The van der Waals surface area contributed by atoms with Crippen molar-refractivity contribution < 1.29 is 14.3 Å². The Hall–Kier alpha value is -1.75. The molecule has 6 heteroatoms. The maximum atomic E-state index is 11.9. The third kappa shape index (κ3) is 6.04. The fourth-order valence-electron chi connectivity index (χ4n) is 1.64. The van der Waals surface area contributed by atoms with Crippen LogP contribution in [0, 0.1) is 5.92 Å². The molecule has 0 aliphatic rings. The zero-order chi connectivity index (χ0) is 16.0. The number of halogens is 1. The number of nitrogen functional groups attached to an aromatic ring is 1. The highest BCUT2D eigenvalue weighted by atomic mass is 35.5. The van der Waals surface area contributed by atoms with Crippen LogP contribution in [0.25, 0.3) is 0 Å². The van der Waals surface area contributed by atoms with Crippen LogP contribution in [0.5, 0.6) is 0 Å². The first kappa shape index (κ1) is 17.3. The van der Waals surface area contributed by atoms with Crippen molar-refractivity contribution in [3.63, 3.8) is 0 Å². The van der Waals surface area contributed by atoms with Crippen molar-refractivity contribution in [2.75, 3.05) is 12.3 Å². The first-order valence-corrected chi connectivity index (χ1v) is 7.22. The molecule has 1 rings (SSSR count). The summed E-state index contributed by atoms with van der Waals surface area (Å²) in [6, 6.07) is 4.43. The van der Waals surface area contributed by atoms with E-state index in [0.29, 0.717) is 23.2 Å². The Morgan fingerprint density at radius 2 is 1.95 bits per heavy atom. The minimum absolute atomic E-state index is 0.224. The number of ether oxygens (including phenoxy) is 1. The van der Waals surface area contributed by atoms with Crippen molar-refractivity contribution in [3.05, 3.63) is 28.8 Å². The lowest BCUT2D eigenvalue weighted by atomic mass is 10.1. The number of anilines is 1. The molecule has 116 valence electrons. The van der Waals surface area contributed by atoms with Crippen LogP contribution < -0.4 is 11.1 Å². The van der Waals surface area contributed by atoms with Gasteiger partial charge in [0.25, 0.3) is 5.91 Å². The summed E-state index contributed by atoms with van der Waals surface area (Å²) >= 11 is 5.82. The maximum Gasteiger partial charge on any atom is 0.339 e. The average molecular weight is 313 g/mol. The smallest absolute Gasteiger partial charge is 0.339 e. The summed E-state index contributed by atoms with van der Waals surface area (Å²) in [7, 11) is 0. The van der Waals surface area contributed by atoms with E-state index in [1.165, 1.54) is 25.1 Å².